The quantitative estimate of drug-likeness (QED) is 0.703. The van der Waals surface area contributed by atoms with E-state index in [1.165, 1.54) is 0 Å². The van der Waals surface area contributed by atoms with Gasteiger partial charge in [-0.25, -0.2) is 0 Å². The third-order valence-electron chi connectivity index (χ3n) is 4.69. The largest absolute Gasteiger partial charge is 0.356 e. The van der Waals surface area contributed by atoms with Crippen molar-refractivity contribution in [2.45, 2.75) is 65.0 Å². The lowest BCUT2D eigenvalue weighted by Gasteiger charge is -2.33. The third-order valence-corrected chi connectivity index (χ3v) is 4.69. The number of nitrogens with zero attached hydrogens (tertiary/aromatic N) is 1. The second-order valence-electron chi connectivity index (χ2n) is 6.67. The average molecular weight is 283 g/mol. The van der Waals surface area contributed by atoms with Crippen molar-refractivity contribution < 1.29 is 4.79 Å². The molecule has 4 nitrogen and oxygen atoms in total. The smallest absolute Gasteiger partial charge is 0.224 e. The second-order valence-corrected chi connectivity index (χ2v) is 6.67. The van der Waals surface area contributed by atoms with Gasteiger partial charge in [-0.3, -0.25) is 4.79 Å². The molecule has 1 saturated carbocycles. The van der Waals surface area contributed by atoms with E-state index in [2.05, 4.69) is 38.0 Å². The molecule has 3 N–H and O–H groups in total. The Labute approximate surface area is 124 Å². The Bertz CT molecular complexity index is 283. The van der Waals surface area contributed by atoms with E-state index in [0.29, 0.717) is 12.0 Å². The Kier molecular flexibility index (Phi) is 7.52. The molecule has 0 aromatic heterocycles. The highest BCUT2D eigenvalue weighted by Gasteiger charge is 2.33. The van der Waals surface area contributed by atoms with Crippen molar-refractivity contribution in [3.63, 3.8) is 0 Å². The SMILES string of the molecule is CC1CCCC(N)C1C(=O)NCCCCN(C)C(C)C. The fourth-order valence-electron chi connectivity index (χ4n) is 2.98. The van der Waals surface area contributed by atoms with Crippen molar-refractivity contribution >= 4 is 5.91 Å². The van der Waals surface area contributed by atoms with Crippen LogP contribution in [0.5, 0.6) is 0 Å². The number of carbonyl (C=O) groups excluding carboxylic acids is 1. The van der Waals surface area contributed by atoms with Crippen LogP contribution in [-0.2, 0) is 4.79 Å². The molecule has 0 radical (unpaired) electrons. The van der Waals surface area contributed by atoms with Crippen LogP contribution in [0.2, 0.25) is 0 Å². The van der Waals surface area contributed by atoms with Gasteiger partial charge >= 0.3 is 0 Å². The third kappa shape index (κ3) is 5.41. The number of amides is 1. The normalized spacial score (nSPS) is 27.1. The Balaban J connectivity index is 2.19. The monoisotopic (exact) mass is 283 g/mol. The molecule has 20 heavy (non-hydrogen) atoms. The molecule has 3 atom stereocenters. The van der Waals surface area contributed by atoms with E-state index in [-0.39, 0.29) is 17.9 Å². The molecule has 1 aliphatic carbocycles. The van der Waals surface area contributed by atoms with E-state index >= 15 is 0 Å². The Morgan fingerprint density at radius 1 is 1.35 bits per heavy atom. The zero-order valence-electron chi connectivity index (χ0n) is 13.7. The van der Waals surface area contributed by atoms with E-state index < -0.39 is 0 Å². The molecule has 118 valence electrons. The number of rotatable bonds is 7. The van der Waals surface area contributed by atoms with Crippen LogP contribution in [0.25, 0.3) is 0 Å². The Morgan fingerprint density at radius 3 is 2.65 bits per heavy atom. The topological polar surface area (TPSA) is 58.4 Å². The molecule has 0 bridgehead atoms. The second kappa shape index (κ2) is 8.63. The van der Waals surface area contributed by atoms with Gasteiger partial charge in [-0.15, -0.1) is 0 Å². The number of nitrogens with one attached hydrogen (secondary N) is 1. The van der Waals surface area contributed by atoms with Crippen molar-refractivity contribution in [1.82, 2.24) is 10.2 Å². The molecule has 4 heteroatoms. The predicted molar refractivity (Wildman–Crippen MR) is 84.5 cm³/mol. The molecule has 1 fully saturated rings. The van der Waals surface area contributed by atoms with Gasteiger partial charge in [0.2, 0.25) is 5.91 Å². The standard InChI is InChI=1S/C16H33N3O/c1-12(2)19(4)11-6-5-10-18-16(20)15-13(3)8-7-9-14(15)17/h12-15H,5-11,17H2,1-4H3,(H,18,20). The Morgan fingerprint density at radius 2 is 2.05 bits per heavy atom. The lowest BCUT2D eigenvalue weighted by atomic mass is 9.76. The number of nitrogens with two attached hydrogens (primary N) is 1. The minimum Gasteiger partial charge on any atom is -0.356 e. The van der Waals surface area contributed by atoms with Gasteiger partial charge in [0.15, 0.2) is 0 Å². The first kappa shape index (κ1) is 17.4. The molecule has 0 aromatic carbocycles. The maximum Gasteiger partial charge on any atom is 0.224 e. The lowest BCUT2D eigenvalue weighted by Crippen LogP contribution is -2.47. The number of carbonyl (C=O) groups is 1. The summed E-state index contributed by atoms with van der Waals surface area (Å²) < 4.78 is 0. The zero-order chi connectivity index (χ0) is 15.1. The molecule has 0 aromatic rings. The van der Waals surface area contributed by atoms with Crippen LogP contribution in [0.4, 0.5) is 0 Å². The van der Waals surface area contributed by atoms with Crippen LogP contribution in [0.15, 0.2) is 0 Å². The summed E-state index contributed by atoms with van der Waals surface area (Å²) in [7, 11) is 2.14. The summed E-state index contributed by atoms with van der Waals surface area (Å²) in [6, 6.07) is 0.636. The molecular formula is C16H33N3O. The van der Waals surface area contributed by atoms with Crippen molar-refractivity contribution in [3.8, 4) is 0 Å². The van der Waals surface area contributed by atoms with Crippen molar-refractivity contribution in [3.05, 3.63) is 0 Å². The van der Waals surface area contributed by atoms with E-state index in [1.807, 2.05) is 0 Å². The molecule has 0 heterocycles. The predicted octanol–water partition coefficient (Wildman–Crippen LogP) is 1.99. The van der Waals surface area contributed by atoms with Gasteiger partial charge in [-0.2, -0.15) is 0 Å². The first-order chi connectivity index (χ1) is 9.43. The Hall–Kier alpha value is -0.610. The molecule has 0 aliphatic heterocycles. The minimum atomic E-state index is 0.0158. The van der Waals surface area contributed by atoms with E-state index in [9.17, 15) is 4.79 Å². The van der Waals surface area contributed by atoms with Gasteiger partial charge < -0.3 is 16.0 Å². The molecule has 1 rings (SSSR count). The van der Waals surface area contributed by atoms with Crippen LogP contribution >= 0.6 is 0 Å². The van der Waals surface area contributed by atoms with Crippen LogP contribution in [0.1, 0.15) is 52.9 Å². The summed E-state index contributed by atoms with van der Waals surface area (Å²) >= 11 is 0. The maximum absolute atomic E-state index is 12.2. The first-order valence-electron chi connectivity index (χ1n) is 8.17. The highest BCUT2D eigenvalue weighted by atomic mass is 16.1. The molecular weight excluding hydrogens is 250 g/mol. The number of hydrogen-bond acceptors (Lipinski definition) is 3. The van der Waals surface area contributed by atoms with Crippen molar-refractivity contribution in [2.24, 2.45) is 17.6 Å². The van der Waals surface area contributed by atoms with E-state index in [1.54, 1.807) is 0 Å². The summed E-state index contributed by atoms with van der Waals surface area (Å²) in [4.78, 5) is 14.6. The van der Waals surface area contributed by atoms with Crippen LogP contribution < -0.4 is 11.1 Å². The molecule has 1 amide bonds. The first-order valence-corrected chi connectivity index (χ1v) is 8.17. The summed E-state index contributed by atoms with van der Waals surface area (Å²) in [6.07, 6.45) is 5.45. The maximum atomic E-state index is 12.2. The van der Waals surface area contributed by atoms with Gasteiger partial charge in [-0.1, -0.05) is 13.3 Å². The zero-order valence-corrected chi connectivity index (χ0v) is 13.7. The van der Waals surface area contributed by atoms with Crippen LogP contribution in [0.3, 0.4) is 0 Å². The van der Waals surface area contributed by atoms with E-state index in [0.717, 1.165) is 45.2 Å². The number of hydrogen-bond donors (Lipinski definition) is 2. The molecule has 0 spiro atoms. The van der Waals surface area contributed by atoms with Crippen LogP contribution in [0, 0.1) is 11.8 Å². The van der Waals surface area contributed by atoms with E-state index in [4.69, 9.17) is 5.73 Å². The highest BCUT2D eigenvalue weighted by molar-refractivity contribution is 5.79. The van der Waals surface area contributed by atoms with Gasteiger partial charge in [0.25, 0.3) is 0 Å². The summed E-state index contributed by atoms with van der Waals surface area (Å²) in [6.45, 7) is 8.43. The molecule has 0 saturated heterocycles. The molecule has 3 unspecified atom stereocenters. The fourth-order valence-corrected chi connectivity index (χ4v) is 2.98. The van der Waals surface area contributed by atoms with Gasteiger partial charge in [0, 0.05) is 18.6 Å². The lowest BCUT2D eigenvalue weighted by molar-refractivity contribution is -0.128. The molecule has 1 aliphatic rings. The average Bonchev–Trinajstić information content (AvgIpc) is 2.37. The van der Waals surface area contributed by atoms with Gasteiger partial charge in [0.05, 0.1) is 5.92 Å². The van der Waals surface area contributed by atoms with Crippen molar-refractivity contribution in [1.29, 1.82) is 0 Å². The summed E-state index contributed by atoms with van der Waals surface area (Å²) in [5.74, 6) is 0.606. The van der Waals surface area contributed by atoms with Gasteiger partial charge in [-0.05, 0) is 59.0 Å². The van der Waals surface area contributed by atoms with Crippen molar-refractivity contribution in [2.75, 3.05) is 20.1 Å². The number of unbranched alkanes of at least 4 members (excludes halogenated alkanes) is 1. The van der Waals surface area contributed by atoms with Crippen LogP contribution in [-0.4, -0.2) is 43.0 Å². The summed E-state index contributed by atoms with van der Waals surface area (Å²) in [5, 5.41) is 3.08. The highest BCUT2D eigenvalue weighted by Crippen LogP contribution is 2.28. The summed E-state index contributed by atoms with van der Waals surface area (Å²) in [5.41, 5.74) is 6.11. The minimum absolute atomic E-state index is 0.0158. The fraction of sp³-hybridized carbons (Fsp3) is 0.938. The van der Waals surface area contributed by atoms with Gasteiger partial charge in [0.1, 0.15) is 0 Å².